The molecule has 1 aromatic heterocycles. The van der Waals surface area contributed by atoms with Crippen molar-refractivity contribution in [2.75, 3.05) is 51.8 Å². The first-order chi connectivity index (χ1) is 15.3. The summed E-state index contributed by atoms with van der Waals surface area (Å²) in [4.78, 5) is 13.9. The molecule has 0 saturated carbocycles. The zero-order valence-electron chi connectivity index (χ0n) is 17.7. The van der Waals surface area contributed by atoms with E-state index in [0.29, 0.717) is 31.1 Å². The largest absolute Gasteiger partial charge is 0.497 e. The van der Waals surface area contributed by atoms with Gasteiger partial charge in [0.05, 0.1) is 39.5 Å². The molecule has 3 heterocycles. The molecule has 3 N–H and O–H groups in total. The maximum Gasteiger partial charge on any atom is 0.410 e. The first-order valence-electron chi connectivity index (χ1n) is 10.6. The van der Waals surface area contributed by atoms with Gasteiger partial charge in [0.1, 0.15) is 24.7 Å². The van der Waals surface area contributed by atoms with Crippen LogP contribution in [0.15, 0.2) is 30.3 Å². The van der Waals surface area contributed by atoms with Crippen LogP contribution in [0.5, 0.6) is 5.75 Å². The van der Waals surface area contributed by atoms with Gasteiger partial charge < -0.3 is 25.0 Å². The molecule has 2 aliphatic rings. The van der Waals surface area contributed by atoms with Gasteiger partial charge in [-0.15, -0.1) is 0 Å². The van der Waals surface area contributed by atoms with Crippen LogP contribution in [0.3, 0.4) is 0 Å². The van der Waals surface area contributed by atoms with Gasteiger partial charge in [0, 0.05) is 12.5 Å². The van der Waals surface area contributed by atoms with Crippen molar-refractivity contribution in [2.24, 2.45) is 0 Å². The van der Waals surface area contributed by atoms with E-state index >= 15 is 0 Å². The summed E-state index contributed by atoms with van der Waals surface area (Å²) in [5.41, 5.74) is 0.668. The number of fused-ring (bicyclic) bond motifs is 1. The molecule has 1 saturated heterocycles. The van der Waals surface area contributed by atoms with Gasteiger partial charge in [-0.1, -0.05) is 12.1 Å². The van der Waals surface area contributed by atoms with Crippen LogP contribution < -0.4 is 20.3 Å². The molecule has 1 amide bonds. The lowest BCUT2D eigenvalue weighted by Gasteiger charge is -2.33. The van der Waals surface area contributed by atoms with Crippen LogP contribution in [0.2, 0.25) is 0 Å². The summed E-state index contributed by atoms with van der Waals surface area (Å²) in [6.07, 6.45) is -4.73. The molecule has 174 valence electrons. The number of anilines is 1. The average molecular weight is 454 g/mol. The Morgan fingerprint density at radius 3 is 2.69 bits per heavy atom. The molecule has 8 nitrogen and oxygen atoms in total. The number of quaternary nitrogens is 1. The minimum atomic E-state index is -4.50. The lowest BCUT2D eigenvalue weighted by Crippen LogP contribution is -3.14. The zero-order chi connectivity index (χ0) is 22.7. The van der Waals surface area contributed by atoms with Gasteiger partial charge in [-0.25, -0.2) is 4.68 Å². The monoisotopic (exact) mass is 454 g/mol. The summed E-state index contributed by atoms with van der Waals surface area (Å²) >= 11 is 0. The molecule has 0 aliphatic carbocycles. The molecule has 0 unspecified atom stereocenters. The number of benzene rings is 1. The third kappa shape index (κ3) is 4.99. The molecule has 4 rings (SSSR count). The number of rotatable bonds is 6. The Bertz CT molecular complexity index is 926. The van der Waals surface area contributed by atoms with E-state index in [0.717, 1.165) is 24.3 Å². The van der Waals surface area contributed by atoms with Crippen LogP contribution in [-0.2, 0) is 4.74 Å². The van der Waals surface area contributed by atoms with E-state index in [2.05, 4.69) is 15.7 Å². The Morgan fingerprint density at radius 1 is 1.31 bits per heavy atom. The number of nitrogens with zero attached hydrogens (tertiary/aromatic N) is 2. The number of carbonyl (C=O) groups excluding carboxylic acids is 1. The standard InChI is InChI=1S/C21H26F3N5O3/c1-31-15-4-2-14(3-5-15)16-12-18(21(22,23)24)29-19(26-16)13-17(27-29)20(30)25-6-7-28-8-10-32-11-9-28/h2-5,13,16,18,26H,6-12H2,1H3,(H,25,30)/p+1/t16-,18+/m1/s1. The van der Waals surface area contributed by atoms with E-state index in [-0.39, 0.29) is 17.9 Å². The first kappa shape index (κ1) is 22.4. The summed E-state index contributed by atoms with van der Waals surface area (Å²) in [5, 5.41) is 9.86. The van der Waals surface area contributed by atoms with Crippen molar-refractivity contribution in [3.8, 4) is 5.75 Å². The molecule has 2 aromatic rings. The Kier molecular flexibility index (Phi) is 6.56. The lowest BCUT2D eigenvalue weighted by atomic mass is 9.97. The molecular formula is C21H27F3N5O3+. The van der Waals surface area contributed by atoms with Gasteiger partial charge in [-0.05, 0) is 17.7 Å². The smallest absolute Gasteiger partial charge is 0.410 e. The van der Waals surface area contributed by atoms with Crippen LogP contribution >= 0.6 is 0 Å². The number of aromatic nitrogens is 2. The van der Waals surface area contributed by atoms with Crippen LogP contribution in [0.4, 0.5) is 19.0 Å². The highest BCUT2D eigenvalue weighted by molar-refractivity contribution is 5.93. The van der Waals surface area contributed by atoms with Crippen molar-refractivity contribution < 1.29 is 32.3 Å². The minimum Gasteiger partial charge on any atom is -0.497 e. The lowest BCUT2D eigenvalue weighted by molar-refractivity contribution is -0.906. The number of methoxy groups -OCH3 is 1. The third-order valence-electron chi connectivity index (χ3n) is 5.90. The van der Waals surface area contributed by atoms with E-state index < -0.39 is 24.2 Å². The second kappa shape index (κ2) is 9.37. The molecule has 1 aromatic carbocycles. The highest BCUT2D eigenvalue weighted by Crippen LogP contribution is 2.43. The van der Waals surface area contributed by atoms with E-state index in [1.165, 1.54) is 18.1 Å². The quantitative estimate of drug-likeness (QED) is 0.611. The summed E-state index contributed by atoms with van der Waals surface area (Å²) in [7, 11) is 1.53. The summed E-state index contributed by atoms with van der Waals surface area (Å²) < 4.78 is 52.8. The minimum absolute atomic E-state index is 0.0332. The fraction of sp³-hybridized carbons (Fsp3) is 0.524. The van der Waals surface area contributed by atoms with Crippen LogP contribution in [0, 0.1) is 0 Å². The van der Waals surface area contributed by atoms with Gasteiger partial charge in [0.2, 0.25) is 0 Å². The second-order valence-corrected chi connectivity index (χ2v) is 7.99. The number of amides is 1. The topological polar surface area (TPSA) is 81.9 Å². The average Bonchev–Trinajstić information content (AvgIpc) is 3.23. The number of alkyl halides is 3. The van der Waals surface area contributed by atoms with Crippen molar-refractivity contribution in [3.63, 3.8) is 0 Å². The summed E-state index contributed by atoms with van der Waals surface area (Å²) in [5.74, 6) is 0.312. The zero-order valence-corrected chi connectivity index (χ0v) is 17.7. The Labute approximate surface area is 183 Å². The van der Waals surface area contributed by atoms with Crippen molar-refractivity contribution in [1.82, 2.24) is 15.1 Å². The van der Waals surface area contributed by atoms with Gasteiger partial charge in [0.25, 0.3) is 5.91 Å². The summed E-state index contributed by atoms with van der Waals surface area (Å²) in [6, 6.07) is 5.87. The number of carbonyl (C=O) groups is 1. The number of halogens is 3. The Morgan fingerprint density at radius 2 is 2.03 bits per heavy atom. The molecule has 32 heavy (non-hydrogen) atoms. The second-order valence-electron chi connectivity index (χ2n) is 7.99. The van der Waals surface area contributed by atoms with Gasteiger partial charge in [0.15, 0.2) is 11.7 Å². The predicted molar refractivity (Wildman–Crippen MR) is 110 cm³/mol. The SMILES string of the molecule is COc1ccc([C@H]2C[C@@H](C(F)(F)F)n3nc(C(=O)NCC[NH+]4CCOCC4)cc3N2)cc1. The highest BCUT2D eigenvalue weighted by Gasteiger charge is 2.46. The number of ether oxygens (including phenoxy) is 2. The van der Waals surface area contributed by atoms with Crippen molar-refractivity contribution in [1.29, 1.82) is 0 Å². The highest BCUT2D eigenvalue weighted by atomic mass is 19.4. The maximum atomic E-state index is 13.8. The summed E-state index contributed by atoms with van der Waals surface area (Å²) in [6.45, 7) is 4.28. The fourth-order valence-corrected chi connectivity index (χ4v) is 4.09. The Hall–Kier alpha value is -2.79. The maximum absolute atomic E-state index is 13.8. The molecule has 2 aliphatic heterocycles. The molecule has 0 radical (unpaired) electrons. The van der Waals surface area contributed by atoms with Crippen LogP contribution in [0.1, 0.15) is 34.6 Å². The van der Waals surface area contributed by atoms with E-state index in [4.69, 9.17) is 9.47 Å². The van der Waals surface area contributed by atoms with E-state index in [9.17, 15) is 18.0 Å². The number of morpholine rings is 1. The third-order valence-corrected chi connectivity index (χ3v) is 5.90. The molecule has 11 heteroatoms. The predicted octanol–water partition coefficient (Wildman–Crippen LogP) is 1.20. The molecule has 0 spiro atoms. The van der Waals surface area contributed by atoms with Crippen molar-refractivity contribution >= 4 is 11.7 Å². The number of hydrogen-bond donors (Lipinski definition) is 3. The van der Waals surface area contributed by atoms with E-state index in [1.807, 2.05) is 0 Å². The van der Waals surface area contributed by atoms with Crippen molar-refractivity contribution in [2.45, 2.75) is 24.7 Å². The van der Waals surface area contributed by atoms with Gasteiger partial charge in [-0.3, -0.25) is 4.79 Å². The first-order valence-corrected chi connectivity index (χ1v) is 10.6. The molecule has 0 bridgehead atoms. The van der Waals surface area contributed by atoms with Crippen LogP contribution in [-0.4, -0.2) is 68.4 Å². The van der Waals surface area contributed by atoms with Gasteiger partial charge >= 0.3 is 6.18 Å². The molecule has 1 fully saturated rings. The molecular weight excluding hydrogens is 427 g/mol. The molecule has 2 atom stereocenters. The van der Waals surface area contributed by atoms with Gasteiger partial charge in [-0.2, -0.15) is 18.3 Å². The number of hydrogen-bond acceptors (Lipinski definition) is 5. The van der Waals surface area contributed by atoms with E-state index in [1.54, 1.807) is 24.3 Å². The number of nitrogens with one attached hydrogen (secondary N) is 3. The normalized spacial score (nSPS) is 21.5. The fourth-order valence-electron chi connectivity index (χ4n) is 4.09. The van der Waals surface area contributed by atoms with Crippen molar-refractivity contribution in [3.05, 3.63) is 41.6 Å². The Balaban J connectivity index is 1.47. The van der Waals surface area contributed by atoms with Crippen LogP contribution in [0.25, 0.3) is 0 Å².